The normalized spacial score (nSPS) is 17.6. The van der Waals surface area contributed by atoms with Crippen LogP contribution in [0.15, 0.2) is 54.1 Å². The van der Waals surface area contributed by atoms with Crippen molar-refractivity contribution >= 4 is 23.1 Å². The van der Waals surface area contributed by atoms with Crippen molar-refractivity contribution < 1.29 is 29.1 Å². The zero-order valence-corrected chi connectivity index (χ0v) is 18.7. The summed E-state index contributed by atoms with van der Waals surface area (Å²) in [7, 11) is 1.48. The minimum Gasteiger partial charge on any atom is -0.507 e. The van der Waals surface area contributed by atoms with Crippen molar-refractivity contribution in [3.63, 3.8) is 0 Å². The molecular weight excluding hydrogens is 428 g/mol. The Morgan fingerprint density at radius 3 is 2.42 bits per heavy atom. The van der Waals surface area contributed by atoms with Gasteiger partial charge in [-0.25, -0.2) is 0 Å². The van der Waals surface area contributed by atoms with E-state index in [9.17, 15) is 24.8 Å². The summed E-state index contributed by atoms with van der Waals surface area (Å²) in [6.07, 6.45) is 0.529. The molecule has 2 aromatic carbocycles. The smallest absolute Gasteiger partial charge is 0.295 e. The van der Waals surface area contributed by atoms with Gasteiger partial charge in [-0.3, -0.25) is 19.7 Å². The van der Waals surface area contributed by atoms with Gasteiger partial charge < -0.3 is 19.5 Å². The molecule has 0 saturated carbocycles. The molecule has 0 bridgehead atoms. The van der Waals surface area contributed by atoms with Crippen molar-refractivity contribution in [3.8, 4) is 5.75 Å². The van der Waals surface area contributed by atoms with E-state index in [0.29, 0.717) is 24.3 Å². The number of ether oxygens (including phenoxy) is 2. The first-order valence-corrected chi connectivity index (χ1v) is 10.5. The van der Waals surface area contributed by atoms with Crippen LogP contribution >= 0.6 is 0 Å². The summed E-state index contributed by atoms with van der Waals surface area (Å²) in [5.74, 6) is -1.51. The molecule has 1 atom stereocenters. The molecule has 3 rings (SSSR count). The summed E-state index contributed by atoms with van der Waals surface area (Å²) in [5, 5.41) is 22.0. The molecule has 9 heteroatoms. The highest BCUT2D eigenvalue weighted by Gasteiger charge is 2.46. The first-order chi connectivity index (χ1) is 15.8. The van der Waals surface area contributed by atoms with Crippen molar-refractivity contribution in [3.05, 3.63) is 75.3 Å². The second-order valence-corrected chi connectivity index (χ2v) is 7.81. The van der Waals surface area contributed by atoms with Crippen molar-refractivity contribution in [2.45, 2.75) is 32.4 Å². The predicted molar refractivity (Wildman–Crippen MR) is 121 cm³/mol. The van der Waals surface area contributed by atoms with Gasteiger partial charge >= 0.3 is 0 Å². The Hall–Kier alpha value is -3.72. The third-order valence-electron chi connectivity index (χ3n) is 5.32. The van der Waals surface area contributed by atoms with E-state index in [1.165, 1.54) is 36.3 Å². The number of hydrogen-bond donors (Lipinski definition) is 1. The second-order valence-electron chi connectivity index (χ2n) is 7.81. The summed E-state index contributed by atoms with van der Waals surface area (Å²) < 4.78 is 11.0. The van der Waals surface area contributed by atoms with E-state index in [1.807, 2.05) is 13.8 Å². The van der Waals surface area contributed by atoms with Gasteiger partial charge in [0.2, 0.25) is 0 Å². The molecule has 1 aliphatic rings. The lowest BCUT2D eigenvalue weighted by molar-refractivity contribution is -0.384. The lowest BCUT2D eigenvalue weighted by atomic mass is 9.94. The Bertz CT molecular complexity index is 1080. The molecule has 1 heterocycles. The summed E-state index contributed by atoms with van der Waals surface area (Å²) in [6.45, 7) is 4.45. The highest BCUT2D eigenvalue weighted by molar-refractivity contribution is 6.46. The van der Waals surface area contributed by atoms with Crippen LogP contribution in [0, 0.1) is 10.1 Å². The van der Waals surface area contributed by atoms with E-state index in [-0.39, 0.29) is 29.5 Å². The number of amides is 1. The third kappa shape index (κ3) is 5.04. The van der Waals surface area contributed by atoms with Crippen molar-refractivity contribution in [2.75, 3.05) is 20.3 Å². The largest absolute Gasteiger partial charge is 0.507 e. The fourth-order valence-electron chi connectivity index (χ4n) is 3.78. The van der Waals surface area contributed by atoms with Crippen molar-refractivity contribution in [1.82, 2.24) is 4.90 Å². The number of para-hydroxylation sites is 1. The van der Waals surface area contributed by atoms with Crippen LogP contribution in [0.25, 0.3) is 5.76 Å². The van der Waals surface area contributed by atoms with Gasteiger partial charge in [0.25, 0.3) is 17.4 Å². The standard InChI is InChI=1S/C24H26N2O7/c1-15(2)33-14-6-13-25-21(18-7-4-5-8-19(18)32-3)20(23(28)24(25)29)22(27)16-9-11-17(12-10-16)26(30)31/h4-5,7-12,15,21,27H,6,13-14H2,1-3H3/b22-20+. The second kappa shape index (κ2) is 10.3. The number of aliphatic hydroxyl groups excluding tert-OH is 1. The van der Waals surface area contributed by atoms with E-state index in [4.69, 9.17) is 9.47 Å². The molecule has 1 saturated heterocycles. The van der Waals surface area contributed by atoms with E-state index in [1.54, 1.807) is 24.3 Å². The van der Waals surface area contributed by atoms with Gasteiger partial charge in [-0.2, -0.15) is 0 Å². The van der Waals surface area contributed by atoms with E-state index in [2.05, 4.69) is 0 Å². The van der Waals surface area contributed by atoms with Crippen molar-refractivity contribution in [2.24, 2.45) is 0 Å². The molecule has 1 fully saturated rings. The maximum atomic E-state index is 13.0. The van der Waals surface area contributed by atoms with Crippen LogP contribution in [0.4, 0.5) is 5.69 Å². The maximum Gasteiger partial charge on any atom is 0.295 e. The Balaban J connectivity index is 2.08. The van der Waals surface area contributed by atoms with Gasteiger partial charge in [-0.1, -0.05) is 18.2 Å². The molecule has 0 spiro atoms. The molecule has 1 unspecified atom stereocenters. The highest BCUT2D eigenvalue weighted by Crippen LogP contribution is 2.42. The minimum atomic E-state index is -0.879. The first kappa shape index (κ1) is 23.9. The van der Waals surface area contributed by atoms with E-state index < -0.39 is 28.4 Å². The predicted octanol–water partition coefficient (Wildman–Crippen LogP) is 3.84. The van der Waals surface area contributed by atoms with Crippen molar-refractivity contribution in [1.29, 1.82) is 0 Å². The van der Waals surface area contributed by atoms with Crippen LogP contribution in [0.3, 0.4) is 0 Å². The number of ketones is 1. The Kier molecular flexibility index (Phi) is 7.44. The molecule has 0 aliphatic carbocycles. The Morgan fingerprint density at radius 1 is 1.15 bits per heavy atom. The van der Waals surface area contributed by atoms with Gasteiger partial charge in [0.05, 0.1) is 29.8 Å². The number of Topliss-reactive ketones (excluding diaryl/α,β-unsaturated/α-hetero) is 1. The minimum absolute atomic E-state index is 0.0348. The van der Waals surface area contributed by atoms with Crippen LogP contribution in [-0.2, 0) is 14.3 Å². The molecule has 0 aromatic heterocycles. The van der Waals surface area contributed by atoms with E-state index >= 15 is 0 Å². The molecule has 2 aromatic rings. The zero-order valence-electron chi connectivity index (χ0n) is 18.7. The van der Waals surface area contributed by atoms with Gasteiger partial charge in [0.1, 0.15) is 11.5 Å². The number of aliphatic hydroxyl groups is 1. The number of carbonyl (C=O) groups is 2. The number of methoxy groups -OCH3 is 1. The summed E-state index contributed by atoms with van der Waals surface area (Å²) >= 11 is 0. The monoisotopic (exact) mass is 454 g/mol. The highest BCUT2D eigenvalue weighted by atomic mass is 16.6. The number of nitro benzene ring substituents is 1. The molecule has 9 nitrogen and oxygen atoms in total. The fourth-order valence-corrected chi connectivity index (χ4v) is 3.78. The lowest BCUT2D eigenvalue weighted by Gasteiger charge is -2.26. The maximum absolute atomic E-state index is 13.0. The number of carbonyl (C=O) groups excluding carboxylic acids is 2. The molecule has 1 aliphatic heterocycles. The van der Waals surface area contributed by atoms with Crippen LogP contribution in [0.1, 0.15) is 37.4 Å². The summed E-state index contributed by atoms with van der Waals surface area (Å²) in [5.41, 5.74) is 0.496. The van der Waals surface area contributed by atoms with E-state index in [0.717, 1.165) is 0 Å². The fraction of sp³-hybridized carbons (Fsp3) is 0.333. The number of nitrogens with zero attached hydrogens (tertiary/aromatic N) is 2. The average molecular weight is 454 g/mol. The zero-order chi connectivity index (χ0) is 24.1. The van der Waals surface area contributed by atoms with Gasteiger partial charge in [0.15, 0.2) is 0 Å². The summed E-state index contributed by atoms with van der Waals surface area (Å²) in [6, 6.07) is 11.2. The van der Waals surface area contributed by atoms with Gasteiger partial charge in [-0.05, 0) is 38.5 Å². The molecule has 33 heavy (non-hydrogen) atoms. The Morgan fingerprint density at radius 2 is 1.82 bits per heavy atom. The number of nitro groups is 1. The van der Waals surface area contributed by atoms with Crippen LogP contribution in [-0.4, -0.2) is 53.0 Å². The number of non-ortho nitro benzene ring substituents is 1. The first-order valence-electron chi connectivity index (χ1n) is 10.5. The number of benzene rings is 2. The third-order valence-corrected chi connectivity index (χ3v) is 5.32. The van der Waals surface area contributed by atoms with Gasteiger partial charge in [0, 0.05) is 36.4 Å². The molecule has 1 amide bonds. The number of rotatable bonds is 9. The summed E-state index contributed by atoms with van der Waals surface area (Å²) in [4.78, 5) is 37.8. The van der Waals surface area contributed by atoms with Crippen LogP contribution in [0.5, 0.6) is 5.75 Å². The number of likely N-dealkylation sites (tertiary alicyclic amines) is 1. The average Bonchev–Trinajstić information content (AvgIpc) is 3.06. The van der Waals surface area contributed by atoms with Crippen LogP contribution in [0.2, 0.25) is 0 Å². The molecule has 1 N–H and O–H groups in total. The SMILES string of the molecule is COc1ccccc1C1/C(=C(\O)c2ccc([N+](=O)[O-])cc2)C(=O)C(=O)N1CCCOC(C)C. The molecule has 174 valence electrons. The van der Waals surface area contributed by atoms with Crippen LogP contribution < -0.4 is 4.74 Å². The molecule has 0 radical (unpaired) electrons. The number of hydrogen-bond acceptors (Lipinski definition) is 7. The topological polar surface area (TPSA) is 119 Å². The Labute approximate surface area is 191 Å². The van der Waals surface area contributed by atoms with Gasteiger partial charge in [-0.15, -0.1) is 0 Å². The molecular formula is C24H26N2O7. The quantitative estimate of drug-likeness (QED) is 0.153. The lowest BCUT2D eigenvalue weighted by Crippen LogP contribution is -2.31.